The molecule has 1 unspecified atom stereocenters. The van der Waals surface area contributed by atoms with E-state index in [0.29, 0.717) is 17.3 Å². The molecule has 0 aliphatic heterocycles. The fourth-order valence-electron chi connectivity index (χ4n) is 2.30. The van der Waals surface area contributed by atoms with Crippen molar-refractivity contribution in [3.05, 3.63) is 46.3 Å². The maximum Gasteiger partial charge on any atom is 0.250 e. The van der Waals surface area contributed by atoms with Crippen LogP contribution in [0.4, 0.5) is 0 Å². The highest BCUT2D eigenvalue weighted by Crippen LogP contribution is 2.26. The highest BCUT2D eigenvalue weighted by molar-refractivity contribution is 7.98. The van der Waals surface area contributed by atoms with Gasteiger partial charge in [-0.3, -0.25) is 0 Å². The molecule has 8 heteroatoms. The predicted octanol–water partition coefficient (Wildman–Crippen LogP) is 4.55. The van der Waals surface area contributed by atoms with E-state index in [0.717, 1.165) is 28.2 Å². The minimum Gasteiger partial charge on any atom is -0.388 e. The zero-order chi connectivity index (χ0) is 18.4. The SMILES string of the molecule is CSc1ccc(C(O)CC[C@H](C)CNS(=O)(=O)c2ccc(Cl)s2)cc1. The van der Waals surface area contributed by atoms with Crippen LogP contribution in [0, 0.1) is 5.92 Å². The van der Waals surface area contributed by atoms with E-state index >= 15 is 0 Å². The van der Waals surface area contributed by atoms with E-state index in [1.165, 1.54) is 6.07 Å². The van der Waals surface area contributed by atoms with Crippen LogP contribution in [0.2, 0.25) is 4.34 Å². The molecule has 0 radical (unpaired) electrons. The molecule has 1 heterocycles. The maximum atomic E-state index is 12.2. The zero-order valence-corrected chi connectivity index (χ0v) is 17.3. The third kappa shape index (κ3) is 6.27. The van der Waals surface area contributed by atoms with Crippen molar-refractivity contribution in [1.29, 1.82) is 0 Å². The average Bonchev–Trinajstić information content (AvgIpc) is 3.05. The number of halogens is 1. The molecule has 0 amide bonds. The Bertz CT molecular complexity index is 775. The van der Waals surface area contributed by atoms with Gasteiger partial charge in [0.25, 0.3) is 0 Å². The number of thiophene rings is 1. The van der Waals surface area contributed by atoms with E-state index in [1.807, 2.05) is 37.4 Å². The number of thioether (sulfide) groups is 1. The second kappa shape index (κ2) is 9.39. The van der Waals surface area contributed by atoms with Crippen LogP contribution in [-0.2, 0) is 10.0 Å². The Morgan fingerprint density at radius 1 is 1.20 bits per heavy atom. The molecular weight excluding hydrogens is 398 g/mol. The van der Waals surface area contributed by atoms with E-state index in [9.17, 15) is 13.5 Å². The van der Waals surface area contributed by atoms with E-state index in [2.05, 4.69) is 4.72 Å². The molecule has 1 aromatic heterocycles. The Labute approximate surface area is 162 Å². The summed E-state index contributed by atoms with van der Waals surface area (Å²) >= 11 is 8.49. The Hall–Kier alpha value is -0.570. The molecule has 0 saturated carbocycles. The smallest absolute Gasteiger partial charge is 0.250 e. The molecule has 2 rings (SSSR count). The molecule has 25 heavy (non-hydrogen) atoms. The summed E-state index contributed by atoms with van der Waals surface area (Å²) in [5, 5.41) is 10.3. The van der Waals surface area contributed by atoms with Crippen LogP contribution in [0.1, 0.15) is 31.4 Å². The first-order chi connectivity index (χ1) is 11.8. The molecule has 138 valence electrons. The molecular formula is C17H22ClNO3S3. The van der Waals surface area contributed by atoms with Crippen LogP contribution in [0.3, 0.4) is 0 Å². The van der Waals surface area contributed by atoms with Gasteiger partial charge >= 0.3 is 0 Å². The molecule has 2 atom stereocenters. The highest BCUT2D eigenvalue weighted by Gasteiger charge is 2.18. The van der Waals surface area contributed by atoms with Crippen molar-refractivity contribution in [1.82, 2.24) is 4.72 Å². The van der Waals surface area contributed by atoms with E-state index < -0.39 is 16.1 Å². The zero-order valence-electron chi connectivity index (χ0n) is 14.1. The van der Waals surface area contributed by atoms with Gasteiger partial charge < -0.3 is 5.11 Å². The number of aliphatic hydroxyl groups excluding tert-OH is 1. The topological polar surface area (TPSA) is 66.4 Å². The number of rotatable bonds is 9. The summed E-state index contributed by atoms with van der Waals surface area (Å²) < 4.78 is 27.6. The Morgan fingerprint density at radius 2 is 1.88 bits per heavy atom. The van der Waals surface area contributed by atoms with Gasteiger partial charge in [0.05, 0.1) is 10.4 Å². The number of hydrogen-bond donors (Lipinski definition) is 2. The highest BCUT2D eigenvalue weighted by atomic mass is 35.5. The largest absolute Gasteiger partial charge is 0.388 e. The number of sulfonamides is 1. The van der Waals surface area contributed by atoms with Gasteiger partial charge in [0.15, 0.2) is 0 Å². The lowest BCUT2D eigenvalue weighted by Crippen LogP contribution is -2.28. The summed E-state index contributed by atoms with van der Waals surface area (Å²) in [6, 6.07) is 10.9. The molecule has 0 aliphatic rings. The first kappa shape index (κ1) is 20.7. The molecule has 2 aromatic rings. The maximum absolute atomic E-state index is 12.2. The van der Waals surface area contributed by atoms with Crippen LogP contribution in [0.25, 0.3) is 0 Å². The average molecular weight is 420 g/mol. The van der Waals surface area contributed by atoms with Crippen molar-refractivity contribution in [2.24, 2.45) is 5.92 Å². The van der Waals surface area contributed by atoms with Crippen LogP contribution >= 0.6 is 34.7 Å². The Morgan fingerprint density at radius 3 is 2.44 bits per heavy atom. The quantitative estimate of drug-likeness (QED) is 0.585. The second-order valence-corrected chi connectivity index (χ2v) is 10.5. The number of nitrogens with one attached hydrogen (secondary N) is 1. The van der Waals surface area contributed by atoms with Gasteiger partial charge in [0.1, 0.15) is 4.21 Å². The summed E-state index contributed by atoms with van der Waals surface area (Å²) in [4.78, 5) is 1.16. The minimum absolute atomic E-state index is 0.116. The predicted molar refractivity (Wildman–Crippen MR) is 106 cm³/mol. The summed E-state index contributed by atoms with van der Waals surface area (Å²) in [6.07, 6.45) is 2.79. The summed E-state index contributed by atoms with van der Waals surface area (Å²) in [5.74, 6) is 0.116. The monoisotopic (exact) mass is 419 g/mol. The van der Waals surface area contributed by atoms with E-state index in [-0.39, 0.29) is 10.1 Å². The van der Waals surface area contributed by atoms with Crippen molar-refractivity contribution in [2.75, 3.05) is 12.8 Å². The lowest BCUT2D eigenvalue weighted by molar-refractivity contribution is 0.158. The first-order valence-corrected chi connectivity index (χ1v) is 11.8. The second-order valence-electron chi connectivity index (χ2n) is 5.88. The number of aliphatic hydroxyl groups is 1. The fourth-order valence-corrected chi connectivity index (χ4v) is 5.40. The van der Waals surface area contributed by atoms with Crippen molar-refractivity contribution in [2.45, 2.75) is 35.0 Å². The standard InChI is InChI=1S/C17H22ClNO3S3/c1-12(11-19-25(21,22)17-10-9-16(18)24-17)3-8-15(20)13-4-6-14(23-2)7-5-13/h4-7,9-10,12,15,19-20H,3,8,11H2,1-2H3/t12-,15?/m0/s1. The first-order valence-electron chi connectivity index (χ1n) is 7.89. The molecule has 1 aromatic carbocycles. The van der Waals surface area contributed by atoms with Gasteiger partial charge in [-0.05, 0) is 54.8 Å². The van der Waals surface area contributed by atoms with Crippen molar-refractivity contribution in [3.63, 3.8) is 0 Å². The normalized spacial score (nSPS) is 14.4. The molecule has 0 aliphatic carbocycles. The lowest BCUT2D eigenvalue weighted by atomic mass is 9.99. The van der Waals surface area contributed by atoms with E-state index in [1.54, 1.807) is 17.8 Å². The number of hydrogen-bond acceptors (Lipinski definition) is 5. The van der Waals surface area contributed by atoms with Crippen molar-refractivity contribution >= 4 is 44.7 Å². The lowest BCUT2D eigenvalue weighted by Gasteiger charge is -2.16. The van der Waals surface area contributed by atoms with Gasteiger partial charge in [-0.15, -0.1) is 23.1 Å². The molecule has 4 nitrogen and oxygen atoms in total. The molecule has 0 saturated heterocycles. The third-order valence-electron chi connectivity index (χ3n) is 3.87. The van der Waals surface area contributed by atoms with Gasteiger partial charge in [0.2, 0.25) is 10.0 Å². The van der Waals surface area contributed by atoms with Crippen LogP contribution in [0.5, 0.6) is 0 Å². The van der Waals surface area contributed by atoms with Gasteiger partial charge in [-0.25, -0.2) is 13.1 Å². The summed E-state index contributed by atoms with van der Waals surface area (Å²) in [7, 11) is -3.51. The van der Waals surface area contributed by atoms with Gasteiger partial charge in [-0.1, -0.05) is 30.7 Å². The molecule has 2 N–H and O–H groups in total. The molecule has 0 spiro atoms. The minimum atomic E-state index is -3.51. The molecule has 0 fully saturated rings. The van der Waals surface area contributed by atoms with Crippen molar-refractivity contribution < 1.29 is 13.5 Å². The van der Waals surface area contributed by atoms with Crippen LogP contribution in [0.15, 0.2) is 45.5 Å². The Balaban J connectivity index is 1.80. The van der Waals surface area contributed by atoms with Crippen LogP contribution < -0.4 is 4.72 Å². The van der Waals surface area contributed by atoms with E-state index in [4.69, 9.17) is 11.6 Å². The fraction of sp³-hybridized carbons (Fsp3) is 0.412. The number of benzene rings is 1. The third-order valence-corrected chi connectivity index (χ3v) is 7.76. The van der Waals surface area contributed by atoms with Gasteiger partial charge in [0, 0.05) is 11.4 Å². The van der Waals surface area contributed by atoms with Gasteiger partial charge in [-0.2, -0.15) is 0 Å². The summed E-state index contributed by atoms with van der Waals surface area (Å²) in [5.41, 5.74) is 0.888. The van der Waals surface area contributed by atoms with Crippen molar-refractivity contribution in [3.8, 4) is 0 Å². The molecule has 0 bridgehead atoms. The summed E-state index contributed by atoms with van der Waals surface area (Å²) in [6.45, 7) is 2.30. The Kier molecular flexibility index (Phi) is 7.79. The van der Waals surface area contributed by atoms with Crippen LogP contribution in [-0.4, -0.2) is 26.3 Å².